The summed E-state index contributed by atoms with van der Waals surface area (Å²) >= 11 is 6.12. The van der Waals surface area contributed by atoms with Crippen LogP contribution in [0.25, 0.3) is 0 Å². The molecule has 2 aromatic carbocycles. The number of ether oxygens (including phenoxy) is 2. The Labute approximate surface area is 186 Å². The highest BCUT2D eigenvalue weighted by Crippen LogP contribution is 2.28. The lowest BCUT2D eigenvalue weighted by atomic mass is 10.1. The third-order valence-electron chi connectivity index (χ3n) is 4.75. The fourth-order valence-electron chi connectivity index (χ4n) is 3.07. The molecule has 0 aliphatic carbocycles. The van der Waals surface area contributed by atoms with Crippen LogP contribution < -0.4 is 5.32 Å². The van der Waals surface area contributed by atoms with Crippen molar-refractivity contribution in [1.82, 2.24) is 4.31 Å². The molecule has 2 aromatic rings. The highest BCUT2D eigenvalue weighted by molar-refractivity contribution is 7.89. The Morgan fingerprint density at radius 1 is 1.13 bits per heavy atom. The average Bonchev–Trinajstić information content (AvgIpc) is 2.75. The van der Waals surface area contributed by atoms with E-state index in [0.29, 0.717) is 18.8 Å². The molecule has 0 bridgehead atoms. The lowest BCUT2D eigenvalue weighted by molar-refractivity contribution is -0.119. The van der Waals surface area contributed by atoms with Gasteiger partial charge in [-0.25, -0.2) is 13.2 Å². The van der Waals surface area contributed by atoms with Crippen LogP contribution in [0.3, 0.4) is 0 Å². The number of nitrogens with zero attached hydrogens (tertiary/aromatic N) is 1. The normalized spacial score (nSPS) is 14.8. The topological polar surface area (TPSA) is 102 Å². The summed E-state index contributed by atoms with van der Waals surface area (Å²) in [6.07, 6.45) is 0. The second-order valence-corrected chi connectivity index (χ2v) is 9.42. The molecule has 1 aliphatic heterocycles. The van der Waals surface area contributed by atoms with Crippen molar-refractivity contribution in [3.63, 3.8) is 0 Å². The predicted molar refractivity (Wildman–Crippen MR) is 116 cm³/mol. The van der Waals surface area contributed by atoms with Gasteiger partial charge >= 0.3 is 5.97 Å². The molecular weight excluding hydrogens is 444 g/mol. The van der Waals surface area contributed by atoms with E-state index >= 15 is 0 Å². The minimum Gasteiger partial charge on any atom is -0.452 e. The largest absolute Gasteiger partial charge is 0.452 e. The van der Waals surface area contributed by atoms with Crippen LogP contribution in [0.4, 0.5) is 5.69 Å². The molecule has 31 heavy (non-hydrogen) atoms. The summed E-state index contributed by atoms with van der Waals surface area (Å²) in [5.74, 6) is -1.21. The van der Waals surface area contributed by atoms with Gasteiger partial charge in [0.05, 0.1) is 23.8 Å². The van der Waals surface area contributed by atoms with E-state index in [9.17, 15) is 18.0 Å². The van der Waals surface area contributed by atoms with Crippen molar-refractivity contribution in [1.29, 1.82) is 0 Å². The van der Waals surface area contributed by atoms with Crippen molar-refractivity contribution < 1.29 is 27.5 Å². The van der Waals surface area contributed by atoms with E-state index in [2.05, 4.69) is 5.32 Å². The Bertz CT molecular complexity index is 1100. The molecule has 1 fully saturated rings. The smallest absolute Gasteiger partial charge is 0.338 e. The molecule has 3 rings (SSSR count). The summed E-state index contributed by atoms with van der Waals surface area (Å²) in [6.45, 7) is 4.18. The van der Waals surface area contributed by atoms with Crippen LogP contribution in [0, 0.1) is 13.8 Å². The van der Waals surface area contributed by atoms with Crippen molar-refractivity contribution in [3.8, 4) is 0 Å². The molecule has 1 amide bonds. The van der Waals surface area contributed by atoms with Crippen LogP contribution in [-0.2, 0) is 24.3 Å². The summed E-state index contributed by atoms with van der Waals surface area (Å²) in [7, 11) is -3.84. The molecule has 0 radical (unpaired) electrons. The molecule has 1 aliphatic rings. The third-order valence-corrected chi connectivity index (χ3v) is 7.13. The maximum atomic E-state index is 12.9. The number of carbonyl (C=O) groups excluding carboxylic acids is 2. The number of morpholine rings is 1. The first-order chi connectivity index (χ1) is 14.7. The zero-order valence-electron chi connectivity index (χ0n) is 17.2. The number of hydrogen-bond acceptors (Lipinski definition) is 6. The number of anilines is 1. The SMILES string of the molecule is Cc1ccc(C)c(C(=O)OCC(=O)Nc2ccc(Cl)c(S(=O)(=O)N3CCOCC3)c2)c1. The van der Waals surface area contributed by atoms with E-state index < -0.39 is 28.5 Å². The number of benzene rings is 2. The molecule has 0 unspecified atom stereocenters. The second kappa shape index (κ2) is 9.78. The summed E-state index contributed by atoms with van der Waals surface area (Å²) in [6, 6.07) is 9.53. The van der Waals surface area contributed by atoms with Crippen molar-refractivity contribution in [2.24, 2.45) is 0 Å². The summed E-state index contributed by atoms with van der Waals surface area (Å²) in [4.78, 5) is 24.4. The minimum absolute atomic E-state index is 0.0471. The first-order valence-corrected chi connectivity index (χ1v) is 11.4. The van der Waals surface area contributed by atoms with Gasteiger partial charge in [-0.05, 0) is 43.7 Å². The van der Waals surface area contributed by atoms with Gasteiger partial charge in [0.25, 0.3) is 5.91 Å². The Balaban J connectivity index is 1.67. The fourth-order valence-corrected chi connectivity index (χ4v) is 4.97. The van der Waals surface area contributed by atoms with Gasteiger partial charge in [0, 0.05) is 18.8 Å². The van der Waals surface area contributed by atoms with E-state index in [1.165, 1.54) is 22.5 Å². The van der Waals surface area contributed by atoms with Crippen LogP contribution in [0.2, 0.25) is 5.02 Å². The van der Waals surface area contributed by atoms with Crippen molar-refractivity contribution in [2.75, 3.05) is 38.2 Å². The first-order valence-electron chi connectivity index (χ1n) is 9.60. The Morgan fingerprint density at radius 3 is 2.55 bits per heavy atom. The molecule has 0 atom stereocenters. The van der Waals surface area contributed by atoms with E-state index in [1.54, 1.807) is 19.1 Å². The van der Waals surface area contributed by atoms with Gasteiger partial charge in [0.1, 0.15) is 4.90 Å². The third kappa shape index (κ3) is 5.62. The van der Waals surface area contributed by atoms with Gasteiger partial charge < -0.3 is 14.8 Å². The van der Waals surface area contributed by atoms with Crippen LogP contribution in [0.1, 0.15) is 21.5 Å². The molecule has 8 nitrogen and oxygen atoms in total. The van der Waals surface area contributed by atoms with Gasteiger partial charge in [-0.1, -0.05) is 29.3 Å². The molecule has 1 N–H and O–H groups in total. The quantitative estimate of drug-likeness (QED) is 0.657. The van der Waals surface area contributed by atoms with E-state index in [0.717, 1.165) is 11.1 Å². The van der Waals surface area contributed by atoms with Crippen LogP contribution >= 0.6 is 11.6 Å². The zero-order valence-corrected chi connectivity index (χ0v) is 18.8. The highest BCUT2D eigenvalue weighted by atomic mass is 35.5. The number of rotatable bonds is 6. The molecule has 1 saturated heterocycles. The Kier molecular flexibility index (Phi) is 7.32. The number of nitrogens with one attached hydrogen (secondary N) is 1. The molecule has 0 saturated carbocycles. The van der Waals surface area contributed by atoms with Crippen molar-refractivity contribution in [3.05, 3.63) is 58.1 Å². The number of hydrogen-bond donors (Lipinski definition) is 1. The average molecular weight is 467 g/mol. The van der Waals surface area contributed by atoms with Crippen LogP contribution in [0.5, 0.6) is 0 Å². The number of halogens is 1. The van der Waals surface area contributed by atoms with E-state index in [4.69, 9.17) is 21.1 Å². The summed E-state index contributed by atoms with van der Waals surface area (Å²) in [5.41, 5.74) is 2.26. The number of aryl methyl sites for hydroxylation is 2. The summed E-state index contributed by atoms with van der Waals surface area (Å²) < 4.78 is 37.3. The molecule has 10 heteroatoms. The van der Waals surface area contributed by atoms with Crippen LogP contribution in [-0.4, -0.2) is 57.5 Å². The lowest BCUT2D eigenvalue weighted by Crippen LogP contribution is -2.40. The standard InChI is InChI=1S/C21H23ClN2O6S/c1-14-3-4-15(2)17(11-14)21(26)30-13-20(25)23-16-5-6-18(22)19(12-16)31(27,28)24-7-9-29-10-8-24/h3-6,11-12H,7-10,13H2,1-2H3,(H,23,25). The van der Waals surface area contributed by atoms with Gasteiger partial charge in [-0.15, -0.1) is 0 Å². The number of carbonyl (C=O) groups is 2. The Hall–Kier alpha value is -2.46. The lowest BCUT2D eigenvalue weighted by Gasteiger charge is -2.26. The van der Waals surface area contributed by atoms with E-state index in [1.807, 2.05) is 13.0 Å². The van der Waals surface area contributed by atoms with Gasteiger partial charge in [0.2, 0.25) is 10.0 Å². The van der Waals surface area contributed by atoms with Gasteiger partial charge in [-0.2, -0.15) is 4.31 Å². The molecular formula is C21H23ClN2O6S. The van der Waals surface area contributed by atoms with E-state index in [-0.39, 0.29) is 28.7 Å². The summed E-state index contributed by atoms with van der Waals surface area (Å²) in [5, 5.41) is 2.58. The second-order valence-electron chi connectivity index (χ2n) is 7.10. The predicted octanol–water partition coefficient (Wildman–Crippen LogP) is 2.77. The monoisotopic (exact) mass is 466 g/mol. The Morgan fingerprint density at radius 2 is 1.84 bits per heavy atom. The number of amides is 1. The van der Waals surface area contributed by atoms with Crippen molar-refractivity contribution in [2.45, 2.75) is 18.7 Å². The number of sulfonamides is 1. The zero-order chi connectivity index (χ0) is 22.6. The molecule has 0 aromatic heterocycles. The maximum absolute atomic E-state index is 12.9. The highest BCUT2D eigenvalue weighted by Gasteiger charge is 2.28. The van der Waals surface area contributed by atoms with Crippen LogP contribution in [0.15, 0.2) is 41.3 Å². The minimum atomic E-state index is -3.84. The first kappa shape index (κ1) is 23.2. The molecule has 0 spiro atoms. The van der Waals surface area contributed by atoms with Gasteiger partial charge in [0.15, 0.2) is 6.61 Å². The van der Waals surface area contributed by atoms with Crippen molar-refractivity contribution >= 4 is 39.2 Å². The number of esters is 1. The van der Waals surface area contributed by atoms with Gasteiger partial charge in [-0.3, -0.25) is 4.79 Å². The fraction of sp³-hybridized carbons (Fsp3) is 0.333. The maximum Gasteiger partial charge on any atom is 0.338 e. The molecule has 166 valence electrons. The molecule has 1 heterocycles.